The minimum absolute atomic E-state index is 0.327. The average Bonchev–Trinajstić information content (AvgIpc) is 3.19. The molecule has 27 heavy (non-hydrogen) atoms. The molecule has 6 rings (SSSR count). The second-order valence-corrected chi connectivity index (χ2v) is 7.75. The van der Waals surface area contributed by atoms with Crippen LogP contribution in [0.5, 0.6) is 0 Å². The van der Waals surface area contributed by atoms with Gasteiger partial charge in [0.15, 0.2) is 5.58 Å². The third kappa shape index (κ3) is 1.99. The molecule has 4 heterocycles. The highest BCUT2D eigenvalue weighted by atomic mass is 16.3. The first-order valence-electron chi connectivity index (χ1n) is 9.59. The maximum Gasteiger partial charge on any atom is 0.227 e. The van der Waals surface area contributed by atoms with Crippen molar-refractivity contribution in [2.24, 2.45) is 0 Å². The van der Waals surface area contributed by atoms with Crippen LogP contribution in [-0.4, -0.2) is 22.6 Å². The summed E-state index contributed by atoms with van der Waals surface area (Å²) >= 11 is 0. The first-order chi connectivity index (χ1) is 13.2. The van der Waals surface area contributed by atoms with Crippen LogP contribution >= 0.6 is 0 Å². The van der Waals surface area contributed by atoms with Gasteiger partial charge in [0, 0.05) is 30.1 Å². The fraction of sp³-hybridized carbons (Fsp3) is 0.261. The Kier molecular flexibility index (Phi) is 3.01. The molecule has 4 aromatic rings. The van der Waals surface area contributed by atoms with E-state index in [1.807, 2.05) is 6.07 Å². The van der Waals surface area contributed by atoms with Crippen molar-refractivity contribution in [2.45, 2.75) is 32.6 Å². The van der Waals surface area contributed by atoms with Gasteiger partial charge < -0.3 is 9.32 Å². The minimum atomic E-state index is 0.327. The Morgan fingerprint density at radius 2 is 1.93 bits per heavy atom. The molecule has 0 spiro atoms. The largest absolute Gasteiger partial charge is 0.436 e. The van der Waals surface area contributed by atoms with Gasteiger partial charge in [-0.1, -0.05) is 36.4 Å². The number of aryl methyl sites for hydroxylation is 1. The molecule has 0 aliphatic carbocycles. The van der Waals surface area contributed by atoms with Crippen LogP contribution in [0.2, 0.25) is 0 Å². The maximum atomic E-state index is 6.29. The van der Waals surface area contributed by atoms with Crippen LogP contribution in [0.1, 0.15) is 29.7 Å². The summed E-state index contributed by atoms with van der Waals surface area (Å²) in [4.78, 5) is 9.56. The molecule has 4 nitrogen and oxygen atoms in total. The van der Waals surface area contributed by atoms with Gasteiger partial charge in [-0.2, -0.15) is 0 Å². The molecule has 4 heteroatoms. The SMILES string of the molecule is Cc1ccc2c(oc3ncccc32)c1N1C2CN(Cc3ccccc32)[C@@H]1C. The van der Waals surface area contributed by atoms with Crippen molar-refractivity contribution in [3.63, 3.8) is 0 Å². The molecule has 2 aliphatic heterocycles. The van der Waals surface area contributed by atoms with Crippen molar-refractivity contribution in [3.05, 3.63) is 71.4 Å². The van der Waals surface area contributed by atoms with Crippen LogP contribution in [0.3, 0.4) is 0 Å². The first kappa shape index (κ1) is 15.2. The number of anilines is 1. The molecule has 3 atom stereocenters. The maximum absolute atomic E-state index is 6.29. The number of fused-ring (bicyclic) bond motifs is 7. The van der Waals surface area contributed by atoms with Gasteiger partial charge in [0.2, 0.25) is 5.71 Å². The van der Waals surface area contributed by atoms with E-state index < -0.39 is 0 Å². The second-order valence-electron chi connectivity index (χ2n) is 7.75. The van der Waals surface area contributed by atoms with Crippen LogP contribution in [0.25, 0.3) is 22.1 Å². The number of pyridine rings is 1. The van der Waals surface area contributed by atoms with E-state index in [0.29, 0.717) is 12.2 Å². The Morgan fingerprint density at radius 3 is 2.85 bits per heavy atom. The summed E-state index contributed by atoms with van der Waals surface area (Å²) in [6, 6.07) is 17.7. The quantitative estimate of drug-likeness (QED) is 0.480. The predicted molar refractivity (Wildman–Crippen MR) is 108 cm³/mol. The molecule has 2 aliphatic rings. The van der Waals surface area contributed by atoms with Crippen molar-refractivity contribution in [3.8, 4) is 0 Å². The van der Waals surface area contributed by atoms with E-state index in [1.54, 1.807) is 6.20 Å². The third-order valence-electron chi connectivity index (χ3n) is 6.31. The van der Waals surface area contributed by atoms with Gasteiger partial charge in [-0.15, -0.1) is 0 Å². The molecule has 0 radical (unpaired) electrons. The third-order valence-corrected chi connectivity index (χ3v) is 6.31. The van der Waals surface area contributed by atoms with E-state index in [0.717, 1.165) is 35.2 Å². The van der Waals surface area contributed by atoms with E-state index in [1.165, 1.54) is 22.4 Å². The summed E-state index contributed by atoms with van der Waals surface area (Å²) in [6.45, 7) is 6.57. The smallest absolute Gasteiger partial charge is 0.227 e. The fourth-order valence-corrected chi connectivity index (χ4v) is 4.99. The second kappa shape index (κ2) is 5.33. The fourth-order valence-electron chi connectivity index (χ4n) is 4.99. The minimum Gasteiger partial charge on any atom is -0.436 e. The number of benzene rings is 2. The van der Waals surface area contributed by atoms with Gasteiger partial charge in [-0.3, -0.25) is 4.90 Å². The van der Waals surface area contributed by atoms with Gasteiger partial charge in [0.1, 0.15) is 0 Å². The molecular weight excluding hydrogens is 334 g/mol. The number of aromatic nitrogens is 1. The Labute approximate surface area is 158 Å². The highest BCUT2D eigenvalue weighted by Crippen LogP contribution is 2.47. The summed E-state index contributed by atoms with van der Waals surface area (Å²) in [5.41, 5.74) is 7.03. The summed E-state index contributed by atoms with van der Waals surface area (Å²) in [6.07, 6.45) is 2.12. The summed E-state index contributed by atoms with van der Waals surface area (Å²) in [5, 5.41) is 2.24. The van der Waals surface area contributed by atoms with Gasteiger partial charge >= 0.3 is 0 Å². The topological polar surface area (TPSA) is 32.5 Å². The van der Waals surface area contributed by atoms with E-state index >= 15 is 0 Å². The Bertz CT molecular complexity index is 1190. The molecule has 2 aromatic carbocycles. The lowest BCUT2D eigenvalue weighted by Gasteiger charge is -2.31. The van der Waals surface area contributed by atoms with E-state index in [-0.39, 0.29) is 0 Å². The van der Waals surface area contributed by atoms with Crippen LogP contribution in [-0.2, 0) is 6.54 Å². The van der Waals surface area contributed by atoms with Crippen molar-refractivity contribution >= 4 is 27.8 Å². The molecule has 0 N–H and O–H groups in total. The zero-order valence-electron chi connectivity index (χ0n) is 15.5. The Balaban J connectivity index is 1.63. The average molecular weight is 355 g/mol. The monoisotopic (exact) mass is 355 g/mol. The molecule has 1 saturated heterocycles. The van der Waals surface area contributed by atoms with Crippen LogP contribution in [0.15, 0.2) is 59.1 Å². The van der Waals surface area contributed by atoms with Gasteiger partial charge in [-0.05, 0) is 42.7 Å². The standard InChI is InChI=1S/C23H21N3O/c1-14-9-10-18-19-8-5-11-24-23(19)27-22(18)21(14)26-15(2)25-12-16-6-3-4-7-17(16)20(26)13-25/h3-11,15,20H,12-13H2,1-2H3/t15-,20?/m0/s1. The Hall–Kier alpha value is -2.85. The molecule has 134 valence electrons. The summed E-state index contributed by atoms with van der Waals surface area (Å²) in [7, 11) is 0. The number of hydrogen-bond acceptors (Lipinski definition) is 4. The Morgan fingerprint density at radius 1 is 1.04 bits per heavy atom. The lowest BCUT2D eigenvalue weighted by Crippen LogP contribution is -2.35. The van der Waals surface area contributed by atoms with Crippen LogP contribution in [0, 0.1) is 6.92 Å². The lowest BCUT2D eigenvalue weighted by molar-refractivity contribution is 0.252. The van der Waals surface area contributed by atoms with Gasteiger partial charge in [0.25, 0.3) is 0 Å². The lowest BCUT2D eigenvalue weighted by atomic mass is 9.96. The highest BCUT2D eigenvalue weighted by molar-refractivity contribution is 6.08. The highest BCUT2D eigenvalue weighted by Gasteiger charge is 2.43. The van der Waals surface area contributed by atoms with Crippen molar-refractivity contribution in [1.82, 2.24) is 9.88 Å². The summed E-state index contributed by atoms with van der Waals surface area (Å²) in [5.74, 6) is 0. The molecule has 0 saturated carbocycles. The van der Waals surface area contributed by atoms with Crippen LogP contribution in [0.4, 0.5) is 5.69 Å². The van der Waals surface area contributed by atoms with Crippen LogP contribution < -0.4 is 4.90 Å². The van der Waals surface area contributed by atoms with Gasteiger partial charge in [-0.25, -0.2) is 4.98 Å². The molecule has 2 bridgehead atoms. The normalized spacial score (nSPS) is 23.9. The van der Waals surface area contributed by atoms with E-state index in [4.69, 9.17) is 4.42 Å². The zero-order valence-corrected chi connectivity index (χ0v) is 15.5. The predicted octanol–water partition coefficient (Wildman–Crippen LogP) is 5.01. The molecule has 1 fully saturated rings. The van der Waals surface area contributed by atoms with Crippen molar-refractivity contribution < 1.29 is 4.42 Å². The molecular formula is C23H21N3O. The van der Waals surface area contributed by atoms with E-state index in [9.17, 15) is 0 Å². The van der Waals surface area contributed by atoms with Crippen molar-refractivity contribution in [2.75, 3.05) is 11.4 Å². The molecule has 0 amide bonds. The van der Waals surface area contributed by atoms with E-state index in [2.05, 4.69) is 71.1 Å². The number of furan rings is 1. The zero-order chi connectivity index (χ0) is 18.1. The van der Waals surface area contributed by atoms with Gasteiger partial charge in [0.05, 0.1) is 17.9 Å². The number of rotatable bonds is 1. The number of nitrogens with zero attached hydrogens (tertiary/aromatic N) is 3. The first-order valence-corrected chi connectivity index (χ1v) is 9.59. The van der Waals surface area contributed by atoms with Crippen molar-refractivity contribution in [1.29, 1.82) is 0 Å². The molecule has 2 aromatic heterocycles. The molecule has 2 unspecified atom stereocenters. The number of hydrogen-bond donors (Lipinski definition) is 0. The summed E-state index contributed by atoms with van der Waals surface area (Å²) < 4.78 is 6.29.